The summed E-state index contributed by atoms with van der Waals surface area (Å²) in [6.07, 6.45) is 4.67. The van der Waals surface area contributed by atoms with Gasteiger partial charge in [0.15, 0.2) is 0 Å². The number of hydrogen-bond acceptors (Lipinski definition) is 4. The van der Waals surface area contributed by atoms with E-state index in [0.717, 1.165) is 63.4 Å². The number of hydrogen-bond donors (Lipinski definition) is 0. The molecular formula is C21H31N3O2. The van der Waals surface area contributed by atoms with Gasteiger partial charge in [0.05, 0.1) is 0 Å². The first-order chi connectivity index (χ1) is 12.6. The zero-order valence-electron chi connectivity index (χ0n) is 16.1. The smallest absolute Gasteiger partial charge is 0.254 e. The van der Waals surface area contributed by atoms with Crippen LogP contribution in [-0.4, -0.2) is 74.7 Å². The topological polar surface area (TPSA) is 36.0 Å². The van der Waals surface area contributed by atoms with Gasteiger partial charge >= 0.3 is 0 Å². The van der Waals surface area contributed by atoms with E-state index < -0.39 is 0 Å². The largest absolute Gasteiger partial charge is 0.381 e. The Morgan fingerprint density at radius 2 is 1.85 bits per heavy atom. The molecule has 4 saturated heterocycles. The van der Waals surface area contributed by atoms with Gasteiger partial charge in [-0.2, -0.15) is 0 Å². The predicted molar refractivity (Wildman–Crippen MR) is 104 cm³/mol. The van der Waals surface area contributed by atoms with E-state index in [1.807, 2.05) is 32.3 Å². The van der Waals surface area contributed by atoms with Crippen LogP contribution >= 0.6 is 0 Å². The number of fused-ring (bicyclic) bond motifs is 4. The molecular weight excluding hydrogens is 326 g/mol. The summed E-state index contributed by atoms with van der Waals surface area (Å²) in [7, 11) is 4.03. The Kier molecular flexibility index (Phi) is 5.18. The van der Waals surface area contributed by atoms with Crippen LogP contribution in [0.25, 0.3) is 0 Å². The molecule has 5 heteroatoms. The summed E-state index contributed by atoms with van der Waals surface area (Å²) in [4.78, 5) is 20.2. The minimum atomic E-state index is 0.206. The molecule has 1 aromatic rings. The zero-order chi connectivity index (χ0) is 18.1. The molecule has 0 radical (unpaired) electrons. The van der Waals surface area contributed by atoms with Gasteiger partial charge in [-0.05, 0) is 49.8 Å². The molecule has 0 aliphatic carbocycles. The number of anilines is 1. The fraction of sp³-hybridized carbons (Fsp3) is 0.667. The first kappa shape index (κ1) is 17.8. The average Bonchev–Trinajstić information content (AvgIpc) is 3.00. The predicted octanol–water partition coefficient (Wildman–Crippen LogP) is 2.47. The van der Waals surface area contributed by atoms with Crippen LogP contribution in [-0.2, 0) is 4.74 Å². The van der Waals surface area contributed by atoms with E-state index in [1.165, 1.54) is 6.42 Å². The molecule has 4 fully saturated rings. The standard InChI is InChI=1S/C21H31N3O2/c1-22(2)19-5-3-4-17(12-19)21(25)24-14-16-6-7-20(24)15-23(13-16)18-8-10-26-11-9-18/h3-5,12,16,18,20H,6-11,13-15H2,1-2H3/t16-,20+/m0/s1. The summed E-state index contributed by atoms with van der Waals surface area (Å²) in [6, 6.07) is 9.03. The highest BCUT2D eigenvalue weighted by Gasteiger charge is 2.39. The van der Waals surface area contributed by atoms with Crippen molar-refractivity contribution in [3.8, 4) is 0 Å². The van der Waals surface area contributed by atoms with Crippen LogP contribution in [0.3, 0.4) is 0 Å². The van der Waals surface area contributed by atoms with Crippen molar-refractivity contribution in [3.63, 3.8) is 0 Å². The van der Waals surface area contributed by atoms with Crippen molar-refractivity contribution in [3.05, 3.63) is 29.8 Å². The lowest BCUT2D eigenvalue weighted by atomic mass is 9.94. The number of rotatable bonds is 3. The maximum atomic E-state index is 13.3. The highest BCUT2D eigenvalue weighted by atomic mass is 16.5. The Labute approximate surface area is 156 Å². The quantitative estimate of drug-likeness (QED) is 0.833. The number of ether oxygens (including phenoxy) is 1. The van der Waals surface area contributed by atoms with Crippen LogP contribution in [0.1, 0.15) is 36.0 Å². The normalized spacial score (nSPS) is 27.4. The summed E-state index contributed by atoms with van der Waals surface area (Å²) < 4.78 is 5.54. The molecule has 4 aliphatic heterocycles. The van der Waals surface area contributed by atoms with Crippen molar-refractivity contribution < 1.29 is 9.53 Å². The van der Waals surface area contributed by atoms with Crippen LogP contribution in [0.15, 0.2) is 24.3 Å². The van der Waals surface area contributed by atoms with E-state index >= 15 is 0 Å². The molecule has 2 bridgehead atoms. The fourth-order valence-electron chi connectivity index (χ4n) is 4.80. The number of carbonyl (C=O) groups is 1. The molecule has 4 heterocycles. The molecule has 0 saturated carbocycles. The Balaban J connectivity index is 1.51. The summed E-state index contributed by atoms with van der Waals surface area (Å²) in [5.74, 6) is 0.815. The molecule has 142 valence electrons. The van der Waals surface area contributed by atoms with E-state index in [0.29, 0.717) is 18.0 Å². The number of piperidine rings is 1. The SMILES string of the molecule is CN(C)c1cccc(C(=O)N2C[C@H]3CC[C@@H]2CN(C2CCOCC2)C3)c1. The molecule has 0 unspecified atom stereocenters. The lowest BCUT2D eigenvalue weighted by molar-refractivity contribution is 0.0304. The zero-order valence-corrected chi connectivity index (χ0v) is 16.1. The third kappa shape index (κ3) is 3.60. The summed E-state index contributed by atoms with van der Waals surface area (Å²) in [5.41, 5.74) is 1.90. The van der Waals surface area contributed by atoms with Crippen LogP contribution in [0, 0.1) is 5.92 Å². The molecule has 0 aromatic heterocycles. The number of benzene rings is 1. The molecule has 26 heavy (non-hydrogen) atoms. The van der Waals surface area contributed by atoms with Crippen molar-refractivity contribution in [1.82, 2.24) is 9.80 Å². The molecule has 0 spiro atoms. The average molecular weight is 357 g/mol. The van der Waals surface area contributed by atoms with Gasteiger partial charge in [-0.1, -0.05) is 6.07 Å². The Morgan fingerprint density at radius 1 is 1.04 bits per heavy atom. The summed E-state index contributed by atoms with van der Waals surface area (Å²) in [6.45, 7) is 4.85. The van der Waals surface area contributed by atoms with Gasteiger partial charge in [0.1, 0.15) is 0 Å². The molecule has 4 aliphatic rings. The van der Waals surface area contributed by atoms with Gasteiger partial charge in [0.2, 0.25) is 0 Å². The van der Waals surface area contributed by atoms with Gasteiger partial charge in [-0.25, -0.2) is 0 Å². The Bertz CT molecular complexity index is 642. The summed E-state index contributed by atoms with van der Waals surface area (Å²) >= 11 is 0. The number of nitrogens with zero attached hydrogens (tertiary/aromatic N) is 3. The van der Waals surface area contributed by atoms with Crippen molar-refractivity contribution in [2.24, 2.45) is 5.92 Å². The van der Waals surface area contributed by atoms with E-state index in [9.17, 15) is 4.79 Å². The molecule has 2 atom stereocenters. The lowest BCUT2D eigenvalue weighted by Gasteiger charge is -2.37. The monoisotopic (exact) mass is 357 g/mol. The van der Waals surface area contributed by atoms with Crippen molar-refractivity contribution in [1.29, 1.82) is 0 Å². The van der Waals surface area contributed by atoms with Gasteiger partial charge in [-0.15, -0.1) is 0 Å². The summed E-state index contributed by atoms with van der Waals surface area (Å²) in [5, 5.41) is 0. The van der Waals surface area contributed by atoms with Crippen LogP contribution < -0.4 is 4.90 Å². The first-order valence-corrected chi connectivity index (χ1v) is 10.0. The van der Waals surface area contributed by atoms with Crippen molar-refractivity contribution in [2.75, 3.05) is 51.8 Å². The number of carbonyl (C=O) groups excluding carboxylic acids is 1. The van der Waals surface area contributed by atoms with Crippen molar-refractivity contribution >= 4 is 11.6 Å². The van der Waals surface area contributed by atoms with Gasteiger partial charge in [0.25, 0.3) is 5.91 Å². The lowest BCUT2D eigenvalue weighted by Crippen LogP contribution is -2.48. The van der Waals surface area contributed by atoms with Crippen LogP contribution in [0.4, 0.5) is 5.69 Å². The van der Waals surface area contributed by atoms with Gasteiger partial charge in [0, 0.05) is 70.3 Å². The fourth-order valence-corrected chi connectivity index (χ4v) is 4.80. The molecule has 0 N–H and O–H groups in total. The second-order valence-electron chi connectivity index (χ2n) is 8.30. The molecule has 5 nitrogen and oxygen atoms in total. The Hall–Kier alpha value is -1.59. The second kappa shape index (κ2) is 7.57. The van der Waals surface area contributed by atoms with E-state index in [-0.39, 0.29) is 5.91 Å². The van der Waals surface area contributed by atoms with E-state index in [4.69, 9.17) is 4.74 Å². The molecule has 1 aromatic carbocycles. The van der Waals surface area contributed by atoms with E-state index in [1.54, 1.807) is 0 Å². The van der Waals surface area contributed by atoms with E-state index in [2.05, 4.69) is 20.8 Å². The van der Waals surface area contributed by atoms with Crippen LogP contribution in [0.2, 0.25) is 0 Å². The third-order valence-electron chi connectivity index (χ3n) is 6.32. The third-order valence-corrected chi connectivity index (χ3v) is 6.32. The molecule has 5 rings (SSSR count). The van der Waals surface area contributed by atoms with Gasteiger partial charge < -0.3 is 14.5 Å². The maximum Gasteiger partial charge on any atom is 0.254 e. The highest BCUT2D eigenvalue weighted by Crippen LogP contribution is 2.32. The minimum absolute atomic E-state index is 0.206. The van der Waals surface area contributed by atoms with Crippen LogP contribution in [0.5, 0.6) is 0 Å². The number of amides is 1. The van der Waals surface area contributed by atoms with Crippen molar-refractivity contribution in [2.45, 2.75) is 37.8 Å². The maximum absolute atomic E-state index is 13.3. The first-order valence-electron chi connectivity index (χ1n) is 10.0. The highest BCUT2D eigenvalue weighted by molar-refractivity contribution is 5.95. The molecule has 1 amide bonds. The minimum Gasteiger partial charge on any atom is -0.381 e. The van der Waals surface area contributed by atoms with Gasteiger partial charge in [-0.3, -0.25) is 9.69 Å². The second-order valence-corrected chi connectivity index (χ2v) is 8.30. The Morgan fingerprint density at radius 3 is 2.62 bits per heavy atom.